The van der Waals surface area contributed by atoms with E-state index < -0.39 is 6.04 Å². The Hall–Kier alpha value is -1.23. The molecular formula is C23H35NO4. The van der Waals surface area contributed by atoms with Crippen molar-refractivity contribution in [3.8, 4) is 0 Å². The van der Waals surface area contributed by atoms with Crippen LogP contribution in [-0.2, 0) is 19.1 Å². The molecule has 0 amide bonds. The molecule has 0 spiro atoms. The summed E-state index contributed by atoms with van der Waals surface area (Å²) < 4.78 is 5.66. The maximum Gasteiger partial charge on any atom is 0.323 e. The van der Waals surface area contributed by atoms with Crippen molar-refractivity contribution in [2.75, 3.05) is 0 Å². The number of hydrogen-bond acceptors (Lipinski definition) is 5. The lowest BCUT2D eigenvalue weighted by atomic mass is 9.45. The first-order chi connectivity index (χ1) is 13.2. The van der Waals surface area contributed by atoms with Gasteiger partial charge in [0.2, 0.25) is 0 Å². The Morgan fingerprint density at radius 2 is 1.93 bits per heavy atom. The standard InChI is InChI=1S/C23H35NO4/c1-4-18(24)21(27)28-13-7-9-22(2)16-8-10-23(3)15(5-6-20(23)26)14(16)12-19(25)17(22)11-13/h13-18H,4-12,24H2,1-3H3/t13-,14-,15-,16-,17?,18-,22+,23-/m0/s1. The predicted molar refractivity (Wildman–Crippen MR) is 105 cm³/mol. The Bertz CT molecular complexity index is 690. The van der Waals surface area contributed by atoms with E-state index in [1.54, 1.807) is 0 Å². The minimum absolute atomic E-state index is 0.0251. The number of rotatable bonds is 3. The van der Waals surface area contributed by atoms with E-state index in [2.05, 4.69) is 13.8 Å². The van der Waals surface area contributed by atoms with Crippen LogP contribution in [0.1, 0.15) is 78.6 Å². The summed E-state index contributed by atoms with van der Waals surface area (Å²) in [4.78, 5) is 37.9. The molecule has 0 bridgehead atoms. The zero-order chi connectivity index (χ0) is 20.3. The zero-order valence-electron chi connectivity index (χ0n) is 17.5. The molecule has 5 heteroatoms. The van der Waals surface area contributed by atoms with Gasteiger partial charge in [0.1, 0.15) is 23.7 Å². The van der Waals surface area contributed by atoms with Crippen LogP contribution in [0.5, 0.6) is 0 Å². The highest BCUT2D eigenvalue weighted by atomic mass is 16.5. The number of ketones is 2. The van der Waals surface area contributed by atoms with Crippen molar-refractivity contribution in [2.45, 2.75) is 90.7 Å². The van der Waals surface area contributed by atoms with Crippen LogP contribution < -0.4 is 5.73 Å². The van der Waals surface area contributed by atoms with Gasteiger partial charge in [-0.2, -0.15) is 0 Å². The molecule has 0 aromatic heterocycles. The number of ether oxygens (including phenoxy) is 1. The summed E-state index contributed by atoms with van der Waals surface area (Å²) in [6, 6.07) is -0.573. The van der Waals surface area contributed by atoms with Gasteiger partial charge >= 0.3 is 5.97 Å². The fraction of sp³-hybridized carbons (Fsp3) is 0.870. The SMILES string of the molecule is CC[C@H](N)C(=O)O[C@H]1CC[C@@]2(C)C(C1)C(=O)C[C@@H]1[C@@H]2CC[C@]2(C)C(=O)CC[C@@H]12. The second-order valence-corrected chi connectivity index (χ2v) is 10.4. The number of carbonyl (C=O) groups is 3. The van der Waals surface area contributed by atoms with Crippen molar-refractivity contribution in [1.29, 1.82) is 0 Å². The van der Waals surface area contributed by atoms with E-state index in [1.165, 1.54) is 0 Å². The van der Waals surface area contributed by atoms with E-state index in [9.17, 15) is 14.4 Å². The van der Waals surface area contributed by atoms with Gasteiger partial charge in [-0.15, -0.1) is 0 Å². The first-order valence-corrected chi connectivity index (χ1v) is 11.2. The van der Waals surface area contributed by atoms with Crippen molar-refractivity contribution in [3.63, 3.8) is 0 Å². The molecule has 0 aliphatic heterocycles. The maximum atomic E-state index is 13.2. The third kappa shape index (κ3) is 2.88. The molecule has 4 saturated carbocycles. The predicted octanol–water partition coefficient (Wildman–Crippen LogP) is 3.43. The lowest BCUT2D eigenvalue weighted by Gasteiger charge is -2.59. The molecule has 2 N–H and O–H groups in total. The molecule has 4 rings (SSSR count). The average molecular weight is 390 g/mol. The van der Waals surface area contributed by atoms with E-state index >= 15 is 0 Å². The molecule has 4 aliphatic carbocycles. The number of nitrogens with two attached hydrogens (primary N) is 1. The van der Waals surface area contributed by atoms with Crippen LogP contribution in [0.4, 0.5) is 0 Å². The van der Waals surface area contributed by atoms with Gasteiger partial charge < -0.3 is 10.5 Å². The molecule has 0 aromatic rings. The van der Waals surface area contributed by atoms with Crippen LogP contribution in [0.2, 0.25) is 0 Å². The van der Waals surface area contributed by atoms with Gasteiger partial charge in [0, 0.05) is 24.2 Å². The van der Waals surface area contributed by atoms with Gasteiger partial charge in [-0.1, -0.05) is 20.8 Å². The highest BCUT2D eigenvalue weighted by Gasteiger charge is 2.62. The summed E-state index contributed by atoms with van der Waals surface area (Å²) in [6.07, 6.45) is 7.02. The second kappa shape index (κ2) is 6.93. The van der Waals surface area contributed by atoms with Crippen LogP contribution in [0, 0.1) is 34.5 Å². The topological polar surface area (TPSA) is 86.5 Å². The monoisotopic (exact) mass is 389 g/mol. The quantitative estimate of drug-likeness (QED) is 0.747. The van der Waals surface area contributed by atoms with Gasteiger partial charge in [0.25, 0.3) is 0 Å². The molecule has 8 atom stereocenters. The molecule has 4 fully saturated rings. The molecule has 156 valence electrons. The Morgan fingerprint density at radius 3 is 2.64 bits per heavy atom. The van der Waals surface area contributed by atoms with Gasteiger partial charge in [-0.3, -0.25) is 14.4 Å². The van der Waals surface area contributed by atoms with E-state index in [-0.39, 0.29) is 28.8 Å². The van der Waals surface area contributed by atoms with Gasteiger partial charge in [0.15, 0.2) is 0 Å². The Balaban J connectivity index is 1.52. The van der Waals surface area contributed by atoms with Crippen molar-refractivity contribution in [2.24, 2.45) is 40.2 Å². The molecule has 5 nitrogen and oxygen atoms in total. The highest BCUT2D eigenvalue weighted by Crippen LogP contribution is 2.64. The minimum atomic E-state index is -0.573. The normalized spacial score (nSPS) is 46.4. The summed E-state index contributed by atoms with van der Waals surface area (Å²) in [7, 11) is 0. The van der Waals surface area contributed by atoms with E-state index in [0.717, 1.165) is 32.1 Å². The van der Waals surface area contributed by atoms with Crippen LogP contribution in [-0.4, -0.2) is 29.7 Å². The van der Waals surface area contributed by atoms with E-state index in [0.29, 0.717) is 55.0 Å². The van der Waals surface area contributed by atoms with Crippen molar-refractivity contribution >= 4 is 17.5 Å². The molecule has 28 heavy (non-hydrogen) atoms. The van der Waals surface area contributed by atoms with Crippen LogP contribution in [0.3, 0.4) is 0 Å². The lowest BCUT2D eigenvalue weighted by Crippen LogP contribution is -2.57. The fourth-order valence-electron chi connectivity index (χ4n) is 7.30. The first kappa shape index (κ1) is 20.1. The Kier molecular flexibility index (Phi) is 4.96. The van der Waals surface area contributed by atoms with Gasteiger partial charge in [-0.25, -0.2) is 0 Å². The van der Waals surface area contributed by atoms with Gasteiger partial charge in [-0.05, 0) is 68.1 Å². The van der Waals surface area contributed by atoms with E-state index in [4.69, 9.17) is 10.5 Å². The number of fused-ring (bicyclic) bond motifs is 5. The lowest BCUT2D eigenvalue weighted by molar-refractivity contribution is -0.170. The first-order valence-electron chi connectivity index (χ1n) is 11.2. The van der Waals surface area contributed by atoms with Crippen LogP contribution in [0.15, 0.2) is 0 Å². The highest BCUT2D eigenvalue weighted by molar-refractivity contribution is 5.88. The minimum Gasteiger partial charge on any atom is -0.461 e. The second-order valence-electron chi connectivity index (χ2n) is 10.4. The molecule has 4 aliphatic rings. The van der Waals surface area contributed by atoms with Crippen LogP contribution >= 0.6 is 0 Å². The maximum absolute atomic E-state index is 13.2. The summed E-state index contributed by atoms with van der Waals surface area (Å²) in [5.74, 6) is 1.61. The molecule has 0 aromatic carbocycles. The average Bonchev–Trinajstić information content (AvgIpc) is 2.97. The van der Waals surface area contributed by atoms with Crippen molar-refractivity contribution < 1.29 is 19.1 Å². The molecule has 1 unspecified atom stereocenters. The molecule has 0 radical (unpaired) electrons. The molecule has 0 saturated heterocycles. The number of Topliss-reactive ketones (excluding diaryl/α,β-unsaturated/α-hetero) is 2. The Labute approximate surface area is 168 Å². The Morgan fingerprint density at radius 1 is 1.18 bits per heavy atom. The molecular weight excluding hydrogens is 354 g/mol. The summed E-state index contributed by atoms with van der Waals surface area (Å²) in [5.41, 5.74) is 5.58. The van der Waals surface area contributed by atoms with Crippen molar-refractivity contribution in [3.05, 3.63) is 0 Å². The number of hydrogen-bond donors (Lipinski definition) is 1. The fourth-order valence-corrected chi connectivity index (χ4v) is 7.30. The third-order valence-corrected chi connectivity index (χ3v) is 9.14. The third-order valence-electron chi connectivity index (χ3n) is 9.14. The van der Waals surface area contributed by atoms with E-state index in [1.807, 2.05) is 6.92 Å². The van der Waals surface area contributed by atoms with Crippen LogP contribution in [0.25, 0.3) is 0 Å². The van der Waals surface area contributed by atoms with Gasteiger partial charge in [0.05, 0.1) is 0 Å². The van der Waals surface area contributed by atoms with Crippen molar-refractivity contribution in [1.82, 2.24) is 0 Å². The zero-order valence-corrected chi connectivity index (χ0v) is 17.5. The number of carbonyl (C=O) groups excluding carboxylic acids is 3. The smallest absolute Gasteiger partial charge is 0.323 e. The number of esters is 1. The largest absolute Gasteiger partial charge is 0.461 e. The summed E-state index contributed by atoms with van der Waals surface area (Å²) in [6.45, 7) is 6.32. The summed E-state index contributed by atoms with van der Waals surface area (Å²) >= 11 is 0. The molecule has 0 heterocycles. The summed E-state index contributed by atoms with van der Waals surface area (Å²) in [5, 5.41) is 0.